The fourth-order valence-electron chi connectivity index (χ4n) is 2.72. The summed E-state index contributed by atoms with van der Waals surface area (Å²) in [4.78, 5) is 23.8. The predicted octanol–water partition coefficient (Wildman–Crippen LogP) is 3.62. The van der Waals surface area contributed by atoms with E-state index in [1.807, 2.05) is 12.1 Å². The SMILES string of the molecule is Cn1c(=O)oc2ccc(NC(=O)Cc3cc(-c4ccc(Cl)cc4)on3)cc21. The van der Waals surface area contributed by atoms with Crippen LogP contribution in [0.1, 0.15) is 5.69 Å². The fraction of sp³-hybridized carbons (Fsp3) is 0.105. The average molecular weight is 384 g/mol. The minimum Gasteiger partial charge on any atom is -0.408 e. The van der Waals surface area contributed by atoms with E-state index in [0.717, 1.165) is 5.56 Å². The number of hydrogen-bond donors (Lipinski definition) is 1. The first-order chi connectivity index (χ1) is 13.0. The minimum absolute atomic E-state index is 0.0550. The molecule has 2 aromatic heterocycles. The highest BCUT2D eigenvalue weighted by atomic mass is 35.5. The van der Waals surface area contributed by atoms with E-state index in [0.29, 0.717) is 33.3 Å². The molecular formula is C19H14ClN3O4. The Morgan fingerprint density at radius 2 is 1.96 bits per heavy atom. The van der Waals surface area contributed by atoms with Gasteiger partial charge in [0.05, 0.1) is 17.6 Å². The van der Waals surface area contributed by atoms with Gasteiger partial charge in [-0.15, -0.1) is 0 Å². The van der Waals surface area contributed by atoms with Crippen LogP contribution in [0.5, 0.6) is 0 Å². The Kier molecular flexibility index (Phi) is 4.29. The maximum absolute atomic E-state index is 12.3. The number of nitrogens with one attached hydrogen (secondary N) is 1. The van der Waals surface area contributed by atoms with Gasteiger partial charge in [0.2, 0.25) is 5.91 Å². The van der Waals surface area contributed by atoms with Gasteiger partial charge in [0.15, 0.2) is 11.3 Å². The molecule has 27 heavy (non-hydrogen) atoms. The lowest BCUT2D eigenvalue weighted by Gasteiger charge is -2.04. The second-order valence-electron chi connectivity index (χ2n) is 6.02. The van der Waals surface area contributed by atoms with Crippen molar-refractivity contribution < 1.29 is 13.7 Å². The predicted molar refractivity (Wildman–Crippen MR) is 101 cm³/mol. The van der Waals surface area contributed by atoms with Crippen LogP contribution in [0.3, 0.4) is 0 Å². The monoisotopic (exact) mass is 383 g/mol. The van der Waals surface area contributed by atoms with Crippen molar-refractivity contribution in [2.75, 3.05) is 5.32 Å². The van der Waals surface area contributed by atoms with Gasteiger partial charge in [-0.3, -0.25) is 9.36 Å². The zero-order valence-electron chi connectivity index (χ0n) is 14.2. The van der Waals surface area contributed by atoms with E-state index in [2.05, 4.69) is 10.5 Å². The lowest BCUT2D eigenvalue weighted by molar-refractivity contribution is -0.115. The molecule has 2 aromatic carbocycles. The Hall–Kier alpha value is -3.32. The fourth-order valence-corrected chi connectivity index (χ4v) is 2.85. The van der Waals surface area contributed by atoms with E-state index < -0.39 is 5.76 Å². The molecule has 0 aliphatic carbocycles. The van der Waals surface area contributed by atoms with Gasteiger partial charge >= 0.3 is 5.76 Å². The molecule has 0 bridgehead atoms. The number of fused-ring (bicyclic) bond motifs is 1. The molecule has 1 amide bonds. The standard InChI is InChI=1S/C19H14ClN3O4/c1-23-15-8-13(6-7-16(15)26-19(23)25)21-18(24)10-14-9-17(27-22-14)11-2-4-12(20)5-3-11/h2-9H,10H2,1H3,(H,21,24). The molecule has 4 aromatic rings. The summed E-state index contributed by atoms with van der Waals surface area (Å²) in [6.45, 7) is 0. The van der Waals surface area contributed by atoms with Gasteiger partial charge in [0.1, 0.15) is 0 Å². The molecule has 1 N–H and O–H groups in total. The van der Waals surface area contributed by atoms with E-state index in [-0.39, 0.29) is 12.3 Å². The van der Waals surface area contributed by atoms with Gasteiger partial charge in [-0.05, 0) is 42.5 Å². The highest BCUT2D eigenvalue weighted by molar-refractivity contribution is 6.30. The molecule has 2 heterocycles. The molecule has 0 aliphatic rings. The lowest BCUT2D eigenvalue weighted by Crippen LogP contribution is -2.14. The molecule has 0 atom stereocenters. The first-order valence-electron chi connectivity index (χ1n) is 8.10. The van der Waals surface area contributed by atoms with Gasteiger partial charge < -0.3 is 14.3 Å². The van der Waals surface area contributed by atoms with Gasteiger partial charge in [0.25, 0.3) is 0 Å². The molecule has 0 aliphatic heterocycles. The van der Waals surface area contributed by atoms with Gasteiger partial charge in [0, 0.05) is 29.4 Å². The normalized spacial score (nSPS) is 11.0. The van der Waals surface area contributed by atoms with Crippen molar-refractivity contribution in [2.45, 2.75) is 6.42 Å². The molecule has 7 nitrogen and oxygen atoms in total. The van der Waals surface area contributed by atoms with Crippen molar-refractivity contribution in [3.8, 4) is 11.3 Å². The zero-order chi connectivity index (χ0) is 19.0. The second-order valence-corrected chi connectivity index (χ2v) is 6.46. The van der Waals surface area contributed by atoms with Crippen molar-refractivity contribution >= 4 is 34.3 Å². The molecule has 0 fully saturated rings. The Morgan fingerprint density at radius 1 is 1.19 bits per heavy atom. The molecule has 0 radical (unpaired) electrons. The van der Waals surface area contributed by atoms with E-state index in [1.54, 1.807) is 43.4 Å². The first-order valence-corrected chi connectivity index (χ1v) is 8.48. The Balaban J connectivity index is 1.47. The van der Waals surface area contributed by atoms with Crippen molar-refractivity contribution in [3.05, 3.63) is 69.8 Å². The highest BCUT2D eigenvalue weighted by Gasteiger charge is 2.12. The molecule has 0 unspecified atom stereocenters. The van der Waals surface area contributed by atoms with Gasteiger partial charge in [-0.2, -0.15) is 0 Å². The number of rotatable bonds is 4. The number of hydrogen-bond acceptors (Lipinski definition) is 5. The molecule has 0 spiro atoms. The van der Waals surface area contributed by atoms with E-state index >= 15 is 0 Å². The van der Waals surface area contributed by atoms with Crippen LogP contribution in [-0.4, -0.2) is 15.6 Å². The number of carbonyl (C=O) groups excluding carboxylic acids is 1. The van der Waals surface area contributed by atoms with Crippen LogP contribution in [0.25, 0.3) is 22.4 Å². The average Bonchev–Trinajstić information content (AvgIpc) is 3.21. The van der Waals surface area contributed by atoms with Crippen LogP contribution in [0, 0.1) is 0 Å². The molecule has 8 heteroatoms. The summed E-state index contributed by atoms with van der Waals surface area (Å²) in [5, 5.41) is 7.34. The summed E-state index contributed by atoms with van der Waals surface area (Å²) in [5.41, 5.74) is 2.96. The zero-order valence-corrected chi connectivity index (χ0v) is 15.0. The summed E-state index contributed by atoms with van der Waals surface area (Å²) in [5.74, 6) is -0.145. The van der Waals surface area contributed by atoms with Crippen LogP contribution in [0.15, 0.2) is 62.3 Å². The van der Waals surface area contributed by atoms with Gasteiger partial charge in [-0.1, -0.05) is 16.8 Å². The van der Waals surface area contributed by atoms with Crippen LogP contribution in [0.2, 0.25) is 5.02 Å². The lowest BCUT2D eigenvalue weighted by atomic mass is 10.1. The van der Waals surface area contributed by atoms with E-state index in [4.69, 9.17) is 20.5 Å². The smallest absolute Gasteiger partial charge is 0.408 e. The van der Waals surface area contributed by atoms with E-state index in [9.17, 15) is 9.59 Å². The summed E-state index contributed by atoms with van der Waals surface area (Å²) in [6.07, 6.45) is 0.0550. The van der Waals surface area contributed by atoms with Crippen LogP contribution < -0.4 is 11.1 Å². The van der Waals surface area contributed by atoms with Crippen molar-refractivity contribution in [3.63, 3.8) is 0 Å². The number of halogens is 1. The molecule has 4 rings (SSSR count). The number of aromatic nitrogens is 2. The maximum Gasteiger partial charge on any atom is 0.419 e. The quantitative estimate of drug-likeness (QED) is 0.581. The molecular weight excluding hydrogens is 370 g/mol. The molecule has 0 saturated carbocycles. The first kappa shape index (κ1) is 17.1. The summed E-state index contributed by atoms with van der Waals surface area (Å²) < 4.78 is 11.7. The third-order valence-corrected chi connectivity index (χ3v) is 4.36. The Labute approximate surface area is 158 Å². The topological polar surface area (TPSA) is 90.3 Å². The Morgan fingerprint density at radius 3 is 2.74 bits per heavy atom. The number of anilines is 1. The number of oxazole rings is 1. The number of carbonyl (C=O) groups is 1. The number of nitrogens with zero attached hydrogens (tertiary/aromatic N) is 2. The summed E-state index contributed by atoms with van der Waals surface area (Å²) in [7, 11) is 1.60. The third-order valence-electron chi connectivity index (χ3n) is 4.10. The third kappa shape index (κ3) is 3.50. The van der Waals surface area contributed by atoms with E-state index in [1.165, 1.54) is 4.57 Å². The number of amides is 1. The second kappa shape index (κ2) is 6.77. The largest absolute Gasteiger partial charge is 0.419 e. The minimum atomic E-state index is -0.453. The summed E-state index contributed by atoms with van der Waals surface area (Å²) >= 11 is 5.87. The van der Waals surface area contributed by atoms with Gasteiger partial charge in [-0.25, -0.2) is 4.79 Å². The number of benzene rings is 2. The molecule has 136 valence electrons. The van der Waals surface area contributed by atoms with Crippen LogP contribution in [0.4, 0.5) is 5.69 Å². The number of aryl methyl sites for hydroxylation is 1. The van der Waals surface area contributed by atoms with Crippen molar-refractivity contribution in [2.24, 2.45) is 7.05 Å². The maximum atomic E-state index is 12.3. The van der Waals surface area contributed by atoms with Crippen molar-refractivity contribution in [1.82, 2.24) is 9.72 Å². The summed E-state index contributed by atoms with van der Waals surface area (Å²) in [6, 6.07) is 13.8. The Bertz CT molecular complexity index is 1190. The highest BCUT2D eigenvalue weighted by Crippen LogP contribution is 2.23. The van der Waals surface area contributed by atoms with Crippen molar-refractivity contribution in [1.29, 1.82) is 0 Å². The molecule has 0 saturated heterocycles. The van der Waals surface area contributed by atoms with Crippen LogP contribution in [-0.2, 0) is 18.3 Å². The van der Waals surface area contributed by atoms with Crippen LogP contribution >= 0.6 is 11.6 Å².